The highest BCUT2D eigenvalue weighted by atomic mass is 16.2. The molecule has 17 heavy (non-hydrogen) atoms. The van der Waals surface area contributed by atoms with Crippen molar-refractivity contribution in [2.45, 2.75) is 58.5 Å². The quantitative estimate of drug-likeness (QED) is 0.759. The monoisotopic (exact) mass is 238 g/mol. The number of hydrogen-bond acceptors (Lipinski definition) is 2. The number of hydrogen-bond donors (Lipinski definition) is 1. The lowest BCUT2D eigenvalue weighted by Crippen LogP contribution is -2.50. The Bertz CT molecular complexity index is 292. The fourth-order valence-electron chi connectivity index (χ4n) is 3.48. The number of carbonyl (C=O) groups is 1. The predicted molar refractivity (Wildman–Crippen MR) is 69.4 cm³/mol. The summed E-state index contributed by atoms with van der Waals surface area (Å²) in [5.74, 6) is 1.83. The van der Waals surface area contributed by atoms with Crippen LogP contribution >= 0.6 is 0 Å². The van der Waals surface area contributed by atoms with Crippen molar-refractivity contribution in [2.75, 3.05) is 6.54 Å². The van der Waals surface area contributed by atoms with E-state index in [0.29, 0.717) is 23.8 Å². The van der Waals surface area contributed by atoms with Gasteiger partial charge >= 0.3 is 0 Å². The lowest BCUT2D eigenvalue weighted by Gasteiger charge is -2.42. The van der Waals surface area contributed by atoms with Crippen LogP contribution in [-0.4, -0.2) is 29.4 Å². The molecule has 2 N–H and O–H groups in total. The van der Waals surface area contributed by atoms with Crippen molar-refractivity contribution in [3.8, 4) is 0 Å². The highest BCUT2D eigenvalue weighted by Gasteiger charge is 2.37. The Balaban J connectivity index is 2.02. The molecule has 0 aromatic carbocycles. The number of nitrogens with zero attached hydrogens (tertiary/aromatic N) is 1. The maximum Gasteiger partial charge on any atom is 0.225 e. The molecule has 1 aliphatic carbocycles. The molecule has 0 aromatic heterocycles. The first-order valence-electron chi connectivity index (χ1n) is 7.05. The molecule has 2 fully saturated rings. The van der Waals surface area contributed by atoms with E-state index >= 15 is 0 Å². The molecule has 0 radical (unpaired) electrons. The average molecular weight is 238 g/mol. The molecule has 1 saturated carbocycles. The van der Waals surface area contributed by atoms with E-state index in [1.807, 2.05) is 0 Å². The van der Waals surface area contributed by atoms with E-state index in [4.69, 9.17) is 5.73 Å². The second kappa shape index (κ2) is 4.97. The van der Waals surface area contributed by atoms with Crippen molar-refractivity contribution < 1.29 is 4.79 Å². The van der Waals surface area contributed by atoms with Crippen LogP contribution in [0.25, 0.3) is 0 Å². The van der Waals surface area contributed by atoms with Crippen molar-refractivity contribution in [1.82, 2.24) is 4.90 Å². The van der Waals surface area contributed by atoms with Crippen LogP contribution in [0.15, 0.2) is 0 Å². The van der Waals surface area contributed by atoms with Gasteiger partial charge in [-0.05, 0) is 44.4 Å². The highest BCUT2D eigenvalue weighted by molar-refractivity contribution is 5.79. The number of carbonyl (C=O) groups excluding carboxylic acids is 1. The standard InChI is InChI=1S/C14H26N2O/c1-9-6-10(2)11(3)16(8-9)14(17)12-4-5-13(15)7-12/h9-13H,4-8,15H2,1-3H3. The van der Waals surface area contributed by atoms with E-state index in [2.05, 4.69) is 25.7 Å². The zero-order valence-corrected chi connectivity index (χ0v) is 11.4. The van der Waals surface area contributed by atoms with E-state index in [1.165, 1.54) is 6.42 Å². The van der Waals surface area contributed by atoms with Gasteiger partial charge in [0.1, 0.15) is 0 Å². The van der Waals surface area contributed by atoms with Gasteiger partial charge in [-0.25, -0.2) is 0 Å². The van der Waals surface area contributed by atoms with Crippen LogP contribution in [0.2, 0.25) is 0 Å². The molecule has 1 saturated heterocycles. The second-order valence-corrected chi connectivity index (χ2v) is 6.32. The summed E-state index contributed by atoms with van der Waals surface area (Å²) in [6, 6.07) is 0.648. The lowest BCUT2D eigenvalue weighted by atomic mass is 9.85. The van der Waals surface area contributed by atoms with E-state index in [0.717, 1.165) is 25.8 Å². The maximum absolute atomic E-state index is 12.5. The molecule has 5 unspecified atom stereocenters. The molecular formula is C14H26N2O. The van der Waals surface area contributed by atoms with Gasteiger partial charge in [0.05, 0.1) is 0 Å². The zero-order valence-electron chi connectivity index (χ0n) is 11.4. The molecule has 2 rings (SSSR count). The fourth-order valence-corrected chi connectivity index (χ4v) is 3.48. The van der Waals surface area contributed by atoms with Crippen molar-refractivity contribution >= 4 is 5.91 Å². The summed E-state index contributed by atoms with van der Waals surface area (Å²) in [6.07, 6.45) is 4.15. The number of rotatable bonds is 1. The molecule has 98 valence electrons. The minimum Gasteiger partial charge on any atom is -0.339 e. The van der Waals surface area contributed by atoms with Gasteiger partial charge in [0, 0.05) is 24.5 Å². The van der Waals surface area contributed by atoms with Crippen molar-refractivity contribution in [2.24, 2.45) is 23.5 Å². The minimum absolute atomic E-state index is 0.199. The maximum atomic E-state index is 12.5. The smallest absolute Gasteiger partial charge is 0.225 e. The Morgan fingerprint density at radius 3 is 2.47 bits per heavy atom. The van der Waals surface area contributed by atoms with Gasteiger partial charge in [-0.2, -0.15) is 0 Å². The van der Waals surface area contributed by atoms with Crippen LogP contribution in [0.3, 0.4) is 0 Å². The fraction of sp³-hybridized carbons (Fsp3) is 0.929. The summed E-state index contributed by atoms with van der Waals surface area (Å²) >= 11 is 0. The normalized spacial score (nSPS) is 42.8. The summed E-state index contributed by atoms with van der Waals surface area (Å²) in [6.45, 7) is 7.66. The molecule has 3 heteroatoms. The van der Waals surface area contributed by atoms with Gasteiger partial charge < -0.3 is 10.6 Å². The molecule has 2 aliphatic rings. The Morgan fingerprint density at radius 1 is 1.18 bits per heavy atom. The molecular weight excluding hydrogens is 212 g/mol. The summed E-state index contributed by atoms with van der Waals surface area (Å²) < 4.78 is 0. The molecule has 3 nitrogen and oxygen atoms in total. The molecule has 5 atom stereocenters. The molecule has 1 heterocycles. The second-order valence-electron chi connectivity index (χ2n) is 6.32. The summed E-state index contributed by atoms with van der Waals surface area (Å²) in [4.78, 5) is 14.6. The van der Waals surface area contributed by atoms with Gasteiger partial charge in [0.2, 0.25) is 5.91 Å². The lowest BCUT2D eigenvalue weighted by molar-refractivity contribution is -0.141. The number of piperidine rings is 1. The zero-order chi connectivity index (χ0) is 12.6. The van der Waals surface area contributed by atoms with E-state index in [1.54, 1.807) is 0 Å². The van der Waals surface area contributed by atoms with Crippen molar-refractivity contribution in [3.63, 3.8) is 0 Å². The minimum atomic E-state index is 0.199. The van der Waals surface area contributed by atoms with Crippen LogP contribution in [0.1, 0.15) is 46.5 Å². The van der Waals surface area contributed by atoms with Gasteiger partial charge in [0.15, 0.2) is 0 Å². The molecule has 0 bridgehead atoms. The molecule has 0 spiro atoms. The van der Waals surface area contributed by atoms with Gasteiger partial charge in [-0.3, -0.25) is 4.79 Å². The summed E-state index contributed by atoms with van der Waals surface area (Å²) in [5.41, 5.74) is 5.91. The first kappa shape index (κ1) is 12.9. The van der Waals surface area contributed by atoms with Crippen molar-refractivity contribution in [1.29, 1.82) is 0 Å². The Morgan fingerprint density at radius 2 is 1.88 bits per heavy atom. The van der Waals surface area contributed by atoms with Crippen molar-refractivity contribution in [3.05, 3.63) is 0 Å². The molecule has 1 aliphatic heterocycles. The highest BCUT2D eigenvalue weighted by Crippen LogP contribution is 2.32. The first-order valence-corrected chi connectivity index (χ1v) is 7.05. The van der Waals surface area contributed by atoms with Crippen LogP contribution in [0.4, 0.5) is 0 Å². The van der Waals surface area contributed by atoms with Crippen LogP contribution in [-0.2, 0) is 4.79 Å². The first-order chi connectivity index (χ1) is 7.99. The SMILES string of the molecule is CC1CC(C)C(C)N(C(=O)C2CCC(N)C2)C1. The Hall–Kier alpha value is -0.570. The van der Waals surface area contributed by atoms with Gasteiger partial charge in [-0.1, -0.05) is 13.8 Å². The number of amides is 1. The van der Waals surface area contributed by atoms with E-state index in [-0.39, 0.29) is 12.0 Å². The Labute approximate surface area is 105 Å². The summed E-state index contributed by atoms with van der Waals surface area (Å²) in [7, 11) is 0. The van der Waals surface area contributed by atoms with E-state index in [9.17, 15) is 4.79 Å². The van der Waals surface area contributed by atoms with Gasteiger partial charge in [-0.15, -0.1) is 0 Å². The third kappa shape index (κ3) is 2.65. The average Bonchev–Trinajstić information content (AvgIpc) is 2.69. The van der Waals surface area contributed by atoms with Crippen LogP contribution in [0.5, 0.6) is 0 Å². The third-order valence-corrected chi connectivity index (χ3v) is 4.70. The number of nitrogens with two attached hydrogens (primary N) is 1. The topological polar surface area (TPSA) is 46.3 Å². The number of likely N-dealkylation sites (tertiary alicyclic amines) is 1. The van der Waals surface area contributed by atoms with Crippen LogP contribution < -0.4 is 5.73 Å². The van der Waals surface area contributed by atoms with Gasteiger partial charge in [0.25, 0.3) is 0 Å². The predicted octanol–water partition coefficient (Wildman–Crippen LogP) is 2.01. The summed E-state index contributed by atoms with van der Waals surface area (Å²) in [5, 5.41) is 0. The van der Waals surface area contributed by atoms with E-state index < -0.39 is 0 Å². The largest absolute Gasteiger partial charge is 0.339 e. The molecule has 1 amide bonds. The third-order valence-electron chi connectivity index (χ3n) is 4.70. The molecule has 0 aromatic rings. The Kier molecular flexibility index (Phi) is 3.76. The van der Waals surface area contributed by atoms with Crippen LogP contribution in [0, 0.1) is 17.8 Å².